The van der Waals surface area contributed by atoms with Crippen LogP contribution in [0.4, 0.5) is 5.69 Å². The molecule has 19 heavy (non-hydrogen) atoms. The molecule has 0 aliphatic carbocycles. The predicted octanol–water partition coefficient (Wildman–Crippen LogP) is 2.14. The minimum atomic E-state index is -0.0856. The lowest BCUT2D eigenvalue weighted by molar-refractivity contribution is -0.115. The first-order valence-corrected chi connectivity index (χ1v) is 5.94. The molecule has 5 nitrogen and oxygen atoms in total. The number of carbonyl (C=O) groups is 1. The first-order chi connectivity index (χ1) is 9.31. The molecule has 0 fully saturated rings. The van der Waals surface area contributed by atoms with E-state index in [1.165, 1.54) is 0 Å². The molecular weight excluding hydrogens is 240 g/mol. The molecule has 0 atom stereocenters. The number of fused-ring (bicyclic) bond motifs is 1. The van der Waals surface area contributed by atoms with Crippen LogP contribution in [0.1, 0.15) is 5.69 Å². The van der Waals surface area contributed by atoms with Crippen molar-refractivity contribution in [3.05, 3.63) is 54.5 Å². The molecule has 2 aromatic heterocycles. The molecule has 3 rings (SSSR count). The number of hydrogen-bond acceptors (Lipinski definition) is 3. The lowest BCUT2D eigenvalue weighted by Crippen LogP contribution is -2.14. The summed E-state index contributed by atoms with van der Waals surface area (Å²) in [6.45, 7) is 0. The molecule has 0 unspecified atom stereocenters. The van der Waals surface area contributed by atoms with Gasteiger partial charge in [-0.1, -0.05) is 6.07 Å². The number of rotatable bonds is 3. The van der Waals surface area contributed by atoms with Crippen molar-refractivity contribution in [2.24, 2.45) is 0 Å². The van der Waals surface area contributed by atoms with Gasteiger partial charge in [-0.25, -0.2) is 0 Å². The third-order valence-corrected chi connectivity index (χ3v) is 2.79. The van der Waals surface area contributed by atoms with Crippen LogP contribution < -0.4 is 5.32 Å². The smallest absolute Gasteiger partial charge is 0.230 e. The highest BCUT2D eigenvalue weighted by molar-refractivity contribution is 5.94. The lowest BCUT2D eigenvalue weighted by Gasteiger charge is -2.04. The fourth-order valence-corrected chi connectivity index (χ4v) is 1.89. The van der Waals surface area contributed by atoms with E-state index in [1.54, 1.807) is 12.4 Å². The molecule has 94 valence electrons. The summed E-state index contributed by atoms with van der Waals surface area (Å²) in [5.41, 5.74) is 2.40. The third-order valence-electron chi connectivity index (χ3n) is 2.79. The third kappa shape index (κ3) is 2.60. The van der Waals surface area contributed by atoms with Crippen LogP contribution in [0.25, 0.3) is 10.9 Å². The molecule has 3 aromatic rings. The first-order valence-electron chi connectivity index (χ1n) is 5.94. The van der Waals surface area contributed by atoms with Crippen molar-refractivity contribution in [2.75, 3.05) is 5.32 Å². The van der Waals surface area contributed by atoms with E-state index >= 15 is 0 Å². The van der Waals surface area contributed by atoms with E-state index in [-0.39, 0.29) is 12.3 Å². The molecule has 0 aliphatic rings. The molecule has 2 N–H and O–H groups in total. The van der Waals surface area contributed by atoms with E-state index in [4.69, 9.17) is 0 Å². The molecule has 1 aromatic carbocycles. The predicted molar refractivity (Wildman–Crippen MR) is 72.7 cm³/mol. The van der Waals surface area contributed by atoms with Gasteiger partial charge in [-0.2, -0.15) is 5.10 Å². The number of carbonyl (C=O) groups excluding carboxylic acids is 1. The Balaban J connectivity index is 1.72. The Morgan fingerprint density at radius 1 is 1.26 bits per heavy atom. The monoisotopic (exact) mass is 252 g/mol. The van der Waals surface area contributed by atoms with Gasteiger partial charge in [-0.3, -0.25) is 14.9 Å². The molecule has 0 aliphatic heterocycles. The second-order valence-corrected chi connectivity index (χ2v) is 4.22. The standard InChI is InChI=1S/C14H12N4O/c19-14(8-11-3-1-2-6-15-11)17-12-5-4-10-9-16-18-13(10)7-12/h1-7,9H,8H2,(H,16,18)(H,17,19). The zero-order valence-electron chi connectivity index (χ0n) is 10.1. The van der Waals surface area contributed by atoms with Crippen LogP contribution in [0, 0.1) is 0 Å². The van der Waals surface area contributed by atoms with Crippen LogP contribution in [0.2, 0.25) is 0 Å². The van der Waals surface area contributed by atoms with E-state index in [0.29, 0.717) is 0 Å². The highest BCUT2D eigenvalue weighted by Crippen LogP contribution is 2.16. The number of amides is 1. The van der Waals surface area contributed by atoms with Crippen LogP contribution in [-0.4, -0.2) is 21.1 Å². The van der Waals surface area contributed by atoms with E-state index in [2.05, 4.69) is 20.5 Å². The molecule has 1 amide bonds. The van der Waals surface area contributed by atoms with Gasteiger partial charge in [0, 0.05) is 23.0 Å². The number of aromatic nitrogens is 3. The van der Waals surface area contributed by atoms with Crippen molar-refractivity contribution < 1.29 is 4.79 Å². The number of benzene rings is 1. The summed E-state index contributed by atoms with van der Waals surface area (Å²) in [5, 5.41) is 10.7. The van der Waals surface area contributed by atoms with E-state index in [9.17, 15) is 4.79 Å². The fourth-order valence-electron chi connectivity index (χ4n) is 1.89. The molecule has 5 heteroatoms. The van der Waals surface area contributed by atoms with Crippen LogP contribution in [0.15, 0.2) is 48.8 Å². The van der Waals surface area contributed by atoms with Crippen LogP contribution in [0.3, 0.4) is 0 Å². The molecule has 0 radical (unpaired) electrons. The number of pyridine rings is 1. The van der Waals surface area contributed by atoms with E-state index in [1.807, 2.05) is 36.4 Å². The van der Waals surface area contributed by atoms with Crippen molar-refractivity contribution in [1.29, 1.82) is 0 Å². The van der Waals surface area contributed by atoms with Crippen LogP contribution in [0.5, 0.6) is 0 Å². The maximum Gasteiger partial charge on any atom is 0.230 e. The van der Waals surface area contributed by atoms with Gasteiger partial charge in [0.25, 0.3) is 0 Å². The summed E-state index contributed by atoms with van der Waals surface area (Å²) in [6, 6.07) is 11.2. The Kier molecular flexibility index (Phi) is 2.94. The largest absolute Gasteiger partial charge is 0.326 e. The van der Waals surface area contributed by atoms with Gasteiger partial charge >= 0.3 is 0 Å². The number of aromatic amines is 1. The summed E-state index contributed by atoms with van der Waals surface area (Å²) < 4.78 is 0. The van der Waals surface area contributed by atoms with Gasteiger partial charge in [0.1, 0.15) is 0 Å². The quantitative estimate of drug-likeness (QED) is 0.750. The van der Waals surface area contributed by atoms with Gasteiger partial charge in [0.15, 0.2) is 0 Å². The fraction of sp³-hybridized carbons (Fsp3) is 0.0714. The van der Waals surface area contributed by atoms with Gasteiger partial charge in [0.05, 0.1) is 18.1 Å². The second-order valence-electron chi connectivity index (χ2n) is 4.22. The molecular formula is C14H12N4O. The van der Waals surface area contributed by atoms with Gasteiger partial charge in [-0.15, -0.1) is 0 Å². The van der Waals surface area contributed by atoms with E-state index in [0.717, 1.165) is 22.3 Å². The van der Waals surface area contributed by atoms with E-state index < -0.39 is 0 Å². The van der Waals surface area contributed by atoms with Crippen LogP contribution in [-0.2, 0) is 11.2 Å². The topological polar surface area (TPSA) is 70.7 Å². The molecule has 0 spiro atoms. The Morgan fingerprint density at radius 2 is 2.21 bits per heavy atom. The zero-order valence-corrected chi connectivity index (χ0v) is 10.1. The minimum Gasteiger partial charge on any atom is -0.326 e. The molecule has 2 heterocycles. The number of nitrogens with zero attached hydrogens (tertiary/aromatic N) is 2. The average molecular weight is 252 g/mol. The summed E-state index contributed by atoms with van der Waals surface area (Å²) in [6.07, 6.45) is 3.69. The van der Waals surface area contributed by atoms with Crippen molar-refractivity contribution in [3.8, 4) is 0 Å². The summed E-state index contributed by atoms with van der Waals surface area (Å²) in [4.78, 5) is 16.0. The number of hydrogen-bond donors (Lipinski definition) is 2. The number of H-pyrrole nitrogens is 1. The van der Waals surface area contributed by atoms with Gasteiger partial charge < -0.3 is 5.32 Å². The van der Waals surface area contributed by atoms with Crippen molar-refractivity contribution in [3.63, 3.8) is 0 Å². The molecule has 0 saturated carbocycles. The van der Waals surface area contributed by atoms with Crippen molar-refractivity contribution in [1.82, 2.24) is 15.2 Å². The molecule has 0 saturated heterocycles. The average Bonchev–Trinajstić information content (AvgIpc) is 2.87. The van der Waals surface area contributed by atoms with Crippen molar-refractivity contribution >= 4 is 22.5 Å². The summed E-state index contributed by atoms with van der Waals surface area (Å²) in [5.74, 6) is -0.0856. The lowest BCUT2D eigenvalue weighted by atomic mass is 10.2. The highest BCUT2D eigenvalue weighted by atomic mass is 16.1. The Hall–Kier alpha value is -2.69. The minimum absolute atomic E-state index is 0.0856. The van der Waals surface area contributed by atoms with Gasteiger partial charge in [-0.05, 0) is 30.3 Å². The van der Waals surface area contributed by atoms with Crippen LogP contribution >= 0.6 is 0 Å². The second kappa shape index (κ2) is 4.89. The number of anilines is 1. The summed E-state index contributed by atoms with van der Waals surface area (Å²) in [7, 11) is 0. The van der Waals surface area contributed by atoms with Crippen molar-refractivity contribution in [2.45, 2.75) is 6.42 Å². The number of nitrogens with one attached hydrogen (secondary N) is 2. The maximum atomic E-state index is 11.9. The normalized spacial score (nSPS) is 10.5. The Bertz CT molecular complexity index is 706. The Labute approximate surface area is 109 Å². The van der Waals surface area contributed by atoms with Gasteiger partial charge in [0.2, 0.25) is 5.91 Å². The molecule has 0 bridgehead atoms. The highest BCUT2D eigenvalue weighted by Gasteiger charge is 2.05. The Morgan fingerprint density at radius 3 is 3.05 bits per heavy atom. The zero-order chi connectivity index (χ0) is 13.1. The SMILES string of the molecule is O=C(Cc1ccccn1)Nc1ccc2cn[nH]c2c1. The first kappa shape index (κ1) is 11.4. The maximum absolute atomic E-state index is 11.9. The summed E-state index contributed by atoms with van der Waals surface area (Å²) >= 11 is 0.